The highest BCUT2D eigenvalue weighted by Crippen LogP contribution is 2.26. The molecule has 0 aliphatic heterocycles. The number of benzene rings is 2. The minimum absolute atomic E-state index is 0.230. The topological polar surface area (TPSA) is 26.0 Å². The minimum atomic E-state index is -0.230. The van der Waals surface area contributed by atoms with E-state index in [9.17, 15) is 4.39 Å². The van der Waals surface area contributed by atoms with Crippen molar-refractivity contribution in [3.63, 3.8) is 0 Å². The lowest BCUT2D eigenvalue weighted by Crippen LogP contribution is -1.91. The van der Waals surface area contributed by atoms with Crippen LogP contribution in [0.3, 0.4) is 0 Å². The molecule has 0 aliphatic rings. The van der Waals surface area contributed by atoms with Gasteiger partial charge in [0.25, 0.3) is 0 Å². The summed E-state index contributed by atoms with van der Waals surface area (Å²) >= 11 is 1.63. The maximum absolute atomic E-state index is 13.6. The first-order valence-electron chi connectivity index (χ1n) is 6.33. The lowest BCUT2D eigenvalue weighted by Gasteiger charge is -2.07. The second-order valence-corrected chi connectivity index (χ2v) is 5.91. The molecule has 0 aromatic heterocycles. The van der Waals surface area contributed by atoms with E-state index in [-0.39, 0.29) is 5.82 Å². The first kappa shape index (κ1) is 13.9. The zero-order valence-electron chi connectivity index (χ0n) is 11.2. The van der Waals surface area contributed by atoms with Gasteiger partial charge in [0.2, 0.25) is 0 Å². The van der Waals surface area contributed by atoms with Gasteiger partial charge in [0.05, 0.1) is 0 Å². The molecule has 19 heavy (non-hydrogen) atoms. The second-order valence-electron chi connectivity index (χ2n) is 4.86. The van der Waals surface area contributed by atoms with Gasteiger partial charge in [-0.05, 0) is 41.3 Å². The maximum Gasteiger partial charge on any atom is 0.129 e. The van der Waals surface area contributed by atoms with Gasteiger partial charge in [0.15, 0.2) is 0 Å². The van der Waals surface area contributed by atoms with Crippen molar-refractivity contribution in [2.24, 2.45) is 0 Å². The van der Waals surface area contributed by atoms with Crippen LogP contribution in [-0.2, 0) is 5.75 Å². The molecule has 0 heterocycles. The summed E-state index contributed by atoms with van der Waals surface area (Å²) in [5, 5.41) is 0. The smallest absolute Gasteiger partial charge is 0.129 e. The molecule has 2 aromatic carbocycles. The lowest BCUT2D eigenvalue weighted by atomic mass is 10.0. The molecule has 2 rings (SSSR count). The number of nitrogen functional groups attached to an aromatic ring is 1. The van der Waals surface area contributed by atoms with Crippen LogP contribution in [0.4, 0.5) is 10.1 Å². The van der Waals surface area contributed by atoms with E-state index in [1.54, 1.807) is 23.9 Å². The summed E-state index contributed by atoms with van der Waals surface area (Å²) in [5.74, 6) is 0.924. The van der Waals surface area contributed by atoms with E-state index in [4.69, 9.17) is 5.73 Å². The van der Waals surface area contributed by atoms with Crippen molar-refractivity contribution in [2.45, 2.75) is 30.4 Å². The third kappa shape index (κ3) is 3.74. The van der Waals surface area contributed by atoms with Gasteiger partial charge >= 0.3 is 0 Å². The van der Waals surface area contributed by atoms with Gasteiger partial charge < -0.3 is 5.73 Å². The SMILES string of the molecule is CC(C)c1ccc(SCc2ccc(N)cc2F)cc1. The number of nitrogens with two attached hydrogens (primary N) is 1. The van der Waals surface area contributed by atoms with Crippen molar-refractivity contribution >= 4 is 17.4 Å². The summed E-state index contributed by atoms with van der Waals surface area (Å²) in [5.41, 5.74) is 8.01. The van der Waals surface area contributed by atoms with Crippen LogP contribution >= 0.6 is 11.8 Å². The number of anilines is 1. The maximum atomic E-state index is 13.6. The molecule has 0 atom stereocenters. The van der Waals surface area contributed by atoms with Gasteiger partial charge in [0.1, 0.15) is 5.82 Å². The molecule has 100 valence electrons. The van der Waals surface area contributed by atoms with E-state index in [1.165, 1.54) is 11.6 Å². The van der Waals surface area contributed by atoms with Gasteiger partial charge in [-0.25, -0.2) is 4.39 Å². The van der Waals surface area contributed by atoms with Crippen LogP contribution in [0.5, 0.6) is 0 Å². The van der Waals surface area contributed by atoms with Crippen LogP contribution in [0.2, 0.25) is 0 Å². The zero-order chi connectivity index (χ0) is 13.8. The van der Waals surface area contributed by atoms with E-state index < -0.39 is 0 Å². The Morgan fingerprint density at radius 1 is 1.11 bits per heavy atom. The van der Waals surface area contributed by atoms with Crippen molar-refractivity contribution in [1.82, 2.24) is 0 Å². The predicted molar refractivity (Wildman–Crippen MR) is 80.9 cm³/mol. The Bertz CT molecular complexity index is 549. The van der Waals surface area contributed by atoms with Crippen molar-refractivity contribution in [3.05, 3.63) is 59.4 Å². The second kappa shape index (κ2) is 6.11. The Morgan fingerprint density at radius 3 is 2.37 bits per heavy atom. The molecule has 0 aliphatic carbocycles. The molecule has 2 aromatic rings. The number of hydrogen-bond donors (Lipinski definition) is 1. The van der Waals surface area contributed by atoms with Crippen molar-refractivity contribution in [1.29, 1.82) is 0 Å². The zero-order valence-corrected chi connectivity index (χ0v) is 12.0. The van der Waals surface area contributed by atoms with E-state index in [1.807, 2.05) is 0 Å². The summed E-state index contributed by atoms with van der Waals surface area (Å²) in [7, 11) is 0. The molecular weight excluding hydrogens is 257 g/mol. The van der Waals surface area contributed by atoms with E-state index in [2.05, 4.69) is 38.1 Å². The average Bonchev–Trinajstić information content (AvgIpc) is 2.38. The fourth-order valence-corrected chi connectivity index (χ4v) is 2.68. The van der Waals surface area contributed by atoms with Crippen LogP contribution in [0.15, 0.2) is 47.4 Å². The van der Waals surface area contributed by atoms with Gasteiger partial charge in [0, 0.05) is 16.3 Å². The third-order valence-electron chi connectivity index (χ3n) is 3.02. The molecule has 0 fully saturated rings. The first-order valence-corrected chi connectivity index (χ1v) is 7.31. The molecule has 0 amide bonds. The standard InChI is InChI=1S/C16H18FNS/c1-11(2)12-4-7-15(8-5-12)19-10-13-3-6-14(18)9-16(13)17/h3-9,11H,10,18H2,1-2H3. The largest absolute Gasteiger partial charge is 0.399 e. The summed E-state index contributed by atoms with van der Waals surface area (Å²) in [6, 6.07) is 13.3. The Balaban J connectivity index is 2.02. The Kier molecular flexibility index (Phi) is 4.48. The number of hydrogen-bond acceptors (Lipinski definition) is 2. The van der Waals surface area contributed by atoms with Gasteiger partial charge in [-0.3, -0.25) is 0 Å². The molecule has 0 bridgehead atoms. The highest BCUT2D eigenvalue weighted by molar-refractivity contribution is 7.98. The fraction of sp³-hybridized carbons (Fsp3) is 0.250. The average molecular weight is 275 g/mol. The van der Waals surface area contributed by atoms with Crippen LogP contribution in [0.1, 0.15) is 30.9 Å². The number of thioether (sulfide) groups is 1. The summed E-state index contributed by atoms with van der Waals surface area (Å²) in [6.45, 7) is 4.35. The highest BCUT2D eigenvalue weighted by atomic mass is 32.2. The van der Waals surface area contributed by atoms with Crippen molar-refractivity contribution < 1.29 is 4.39 Å². The molecule has 0 saturated carbocycles. The molecule has 0 unspecified atom stereocenters. The predicted octanol–water partition coefficient (Wildman–Crippen LogP) is 4.82. The van der Waals surface area contributed by atoms with Crippen LogP contribution in [0, 0.1) is 5.82 Å². The molecular formula is C16H18FNS. The molecule has 0 saturated heterocycles. The van der Waals surface area contributed by atoms with E-state index in [0.29, 0.717) is 22.9 Å². The van der Waals surface area contributed by atoms with Gasteiger partial charge in [-0.2, -0.15) is 0 Å². The van der Waals surface area contributed by atoms with Crippen molar-refractivity contribution in [3.8, 4) is 0 Å². The molecule has 0 spiro atoms. The Morgan fingerprint density at radius 2 is 1.79 bits per heavy atom. The summed E-state index contributed by atoms with van der Waals surface area (Å²) < 4.78 is 13.6. The molecule has 1 nitrogen and oxygen atoms in total. The van der Waals surface area contributed by atoms with Gasteiger partial charge in [-0.15, -0.1) is 11.8 Å². The minimum Gasteiger partial charge on any atom is -0.399 e. The molecule has 2 N–H and O–H groups in total. The molecule has 3 heteroatoms. The van der Waals surface area contributed by atoms with E-state index in [0.717, 1.165) is 4.90 Å². The van der Waals surface area contributed by atoms with Gasteiger partial charge in [-0.1, -0.05) is 32.0 Å². The molecule has 0 radical (unpaired) electrons. The Hall–Kier alpha value is -1.48. The lowest BCUT2D eigenvalue weighted by molar-refractivity contribution is 0.618. The number of halogens is 1. The first-order chi connectivity index (χ1) is 9.06. The summed E-state index contributed by atoms with van der Waals surface area (Å²) in [6.07, 6.45) is 0. The quantitative estimate of drug-likeness (QED) is 0.639. The van der Waals surface area contributed by atoms with E-state index >= 15 is 0 Å². The normalized spacial score (nSPS) is 10.9. The monoisotopic (exact) mass is 275 g/mol. The Labute approximate surface area is 118 Å². The van der Waals surface area contributed by atoms with Crippen molar-refractivity contribution in [2.75, 3.05) is 5.73 Å². The fourth-order valence-electron chi connectivity index (χ4n) is 1.79. The highest BCUT2D eigenvalue weighted by Gasteiger charge is 2.04. The number of rotatable bonds is 4. The van der Waals surface area contributed by atoms with Crippen LogP contribution in [-0.4, -0.2) is 0 Å². The van der Waals surface area contributed by atoms with Crippen LogP contribution < -0.4 is 5.73 Å². The summed E-state index contributed by atoms with van der Waals surface area (Å²) in [4.78, 5) is 1.15. The van der Waals surface area contributed by atoms with Crippen LogP contribution in [0.25, 0.3) is 0 Å². The third-order valence-corrected chi connectivity index (χ3v) is 4.08.